The Hall–Kier alpha value is -3.15. The number of aromatic nitrogens is 2. The van der Waals surface area contributed by atoms with Crippen LogP contribution in [0, 0.1) is 0 Å². The van der Waals surface area contributed by atoms with Crippen molar-refractivity contribution in [2.75, 3.05) is 13.7 Å². The Balaban J connectivity index is 2.08. The second kappa shape index (κ2) is 10.2. The zero-order chi connectivity index (χ0) is 22.4. The van der Waals surface area contributed by atoms with Crippen molar-refractivity contribution in [2.45, 2.75) is 52.5 Å². The Morgan fingerprint density at radius 3 is 2.48 bits per heavy atom. The predicted octanol–water partition coefficient (Wildman–Crippen LogP) is 4.88. The molecule has 3 aromatic rings. The van der Waals surface area contributed by atoms with Crippen LogP contribution >= 0.6 is 0 Å². The SMILES string of the molecule is CCCCCC(=O)N(C)C(C)c1nc2ccccc2c(=O)n1-c1ccc(OCC)cc1. The van der Waals surface area contributed by atoms with Crippen LogP contribution in [0.25, 0.3) is 16.6 Å². The average molecular weight is 422 g/mol. The number of amides is 1. The molecule has 0 saturated carbocycles. The van der Waals surface area contributed by atoms with Crippen molar-refractivity contribution < 1.29 is 9.53 Å². The summed E-state index contributed by atoms with van der Waals surface area (Å²) in [5, 5.41) is 0.546. The zero-order valence-electron chi connectivity index (χ0n) is 18.8. The fourth-order valence-electron chi connectivity index (χ4n) is 3.63. The smallest absolute Gasteiger partial charge is 0.266 e. The summed E-state index contributed by atoms with van der Waals surface area (Å²) < 4.78 is 7.15. The number of ether oxygens (including phenoxy) is 1. The molecule has 0 radical (unpaired) electrons. The topological polar surface area (TPSA) is 64.4 Å². The minimum absolute atomic E-state index is 0.0570. The van der Waals surface area contributed by atoms with Crippen LogP contribution < -0.4 is 10.3 Å². The van der Waals surface area contributed by atoms with Crippen LogP contribution in [0.1, 0.15) is 58.3 Å². The lowest BCUT2D eigenvalue weighted by Crippen LogP contribution is -2.34. The normalized spacial score (nSPS) is 12.0. The molecular formula is C25H31N3O3. The average Bonchev–Trinajstić information content (AvgIpc) is 2.79. The van der Waals surface area contributed by atoms with E-state index in [2.05, 4.69) is 6.92 Å². The molecule has 6 nitrogen and oxygen atoms in total. The van der Waals surface area contributed by atoms with E-state index >= 15 is 0 Å². The molecule has 6 heteroatoms. The molecule has 1 heterocycles. The molecule has 1 unspecified atom stereocenters. The second-order valence-electron chi connectivity index (χ2n) is 7.69. The highest BCUT2D eigenvalue weighted by Crippen LogP contribution is 2.24. The van der Waals surface area contributed by atoms with Gasteiger partial charge in [-0.25, -0.2) is 4.98 Å². The van der Waals surface area contributed by atoms with Gasteiger partial charge >= 0.3 is 0 Å². The highest BCUT2D eigenvalue weighted by Gasteiger charge is 2.24. The summed E-state index contributed by atoms with van der Waals surface area (Å²) in [5.41, 5.74) is 1.17. The van der Waals surface area contributed by atoms with Crippen molar-refractivity contribution in [3.8, 4) is 11.4 Å². The molecule has 0 fully saturated rings. The van der Waals surface area contributed by atoms with Gasteiger partial charge in [-0.3, -0.25) is 14.2 Å². The Morgan fingerprint density at radius 2 is 1.81 bits per heavy atom. The number of carbonyl (C=O) groups excluding carboxylic acids is 1. The van der Waals surface area contributed by atoms with Crippen molar-refractivity contribution in [1.29, 1.82) is 0 Å². The van der Waals surface area contributed by atoms with Gasteiger partial charge in [-0.05, 0) is 56.7 Å². The van der Waals surface area contributed by atoms with Gasteiger partial charge in [0.2, 0.25) is 5.91 Å². The van der Waals surface area contributed by atoms with Crippen molar-refractivity contribution in [2.24, 2.45) is 0 Å². The number of nitrogens with zero attached hydrogens (tertiary/aromatic N) is 3. The van der Waals surface area contributed by atoms with E-state index in [1.54, 1.807) is 22.6 Å². The van der Waals surface area contributed by atoms with E-state index in [0.29, 0.717) is 35.4 Å². The van der Waals surface area contributed by atoms with Gasteiger partial charge in [0.25, 0.3) is 5.56 Å². The number of para-hydroxylation sites is 1. The molecule has 164 valence electrons. The standard InChI is InChI=1S/C25H31N3O3/c1-5-7-8-13-23(29)27(4)18(3)24-26-22-12-10-9-11-21(22)25(30)28(24)19-14-16-20(17-15-19)31-6-2/h9-12,14-18H,5-8,13H2,1-4H3. The van der Waals surface area contributed by atoms with Crippen molar-refractivity contribution in [1.82, 2.24) is 14.5 Å². The summed E-state index contributed by atoms with van der Waals surface area (Å²) in [4.78, 5) is 32.7. The lowest BCUT2D eigenvalue weighted by Gasteiger charge is -2.27. The van der Waals surface area contributed by atoms with Crippen molar-refractivity contribution in [3.63, 3.8) is 0 Å². The van der Waals surface area contributed by atoms with E-state index in [1.165, 1.54) is 0 Å². The second-order valence-corrected chi connectivity index (χ2v) is 7.69. The minimum atomic E-state index is -0.363. The van der Waals surface area contributed by atoms with Gasteiger partial charge in [0.15, 0.2) is 0 Å². The molecule has 2 aromatic carbocycles. The van der Waals surface area contributed by atoms with Crippen LogP contribution in [-0.4, -0.2) is 34.0 Å². The molecule has 0 aliphatic rings. The largest absolute Gasteiger partial charge is 0.494 e. The van der Waals surface area contributed by atoms with E-state index in [-0.39, 0.29) is 17.5 Å². The first-order valence-corrected chi connectivity index (χ1v) is 11.0. The quantitative estimate of drug-likeness (QED) is 0.462. The van der Waals surface area contributed by atoms with Crippen molar-refractivity contribution >= 4 is 16.8 Å². The van der Waals surface area contributed by atoms with Crippen LogP contribution in [0.2, 0.25) is 0 Å². The molecule has 0 aliphatic heterocycles. The molecule has 0 aliphatic carbocycles. The first-order chi connectivity index (χ1) is 15.0. The van der Waals surface area contributed by atoms with Crippen LogP contribution in [-0.2, 0) is 4.79 Å². The number of benzene rings is 2. The highest BCUT2D eigenvalue weighted by atomic mass is 16.5. The maximum absolute atomic E-state index is 13.5. The highest BCUT2D eigenvalue weighted by molar-refractivity contribution is 5.78. The Bertz CT molecular complexity index is 1090. The molecule has 1 atom stereocenters. The number of hydrogen-bond donors (Lipinski definition) is 0. The van der Waals surface area contributed by atoms with E-state index in [1.807, 2.05) is 56.3 Å². The summed E-state index contributed by atoms with van der Waals surface area (Å²) in [5.74, 6) is 1.34. The van der Waals surface area contributed by atoms with Gasteiger partial charge < -0.3 is 9.64 Å². The number of hydrogen-bond acceptors (Lipinski definition) is 4. The Kier molecular flexibility index (Phi) is 7.45. The van der Waals surface area contributed by atoms with Gasteiger partial charge in [-0.2, -0.15) is 0 Å². The minimum Gasteiger partial charge on any atom is -0.494 e. The predicted molar refractivity (Wildman–Crippen MR) is 124 cm³/mol. The maximum atomic E-state index is 13.5. The van der Waals surface area contributed by atoms with Gasteiger partial charge in [-0.15, -0.1) is 0 Å². The maximum Gasteiger partial charge on any atom is 0.266 e. The summed E-state index contributed by atoms with van der Waals surface area (Å²) in [6, 6.07) is 14.3. The summed E-state index contributed by atoms with van der Waals surface area (Å²) >= 11 is 0. The van der Waals surface area contributed by atoms with Crippen molar-refractivity contribution in [3.05, 3.63) is 64.7 Å². The fraction of sp³-hybridized carbons (Fsp3) is 0.400. The molecule has 3 rings (SSSR count). The first kappa shape index (κ1) is 22.5. The van der Waals surface area contributed by atoms with Gasteiger partial charge in [0.05, 0.1) is 29.2 Å². The molecule has 0 N–H and O–H groups in total. The lowest BCUT2D eigenvalue weighted by molar-refractivity contribution is -0.132. The van der Waals surface area contributed by atoms with Gasteiger partial charge in [0.1, 0.15) is 11.6 Å². The third-order valence-corrected chi connectivity index (χ3v) is 5.55. The van der Waals surface area contributed by atoms with Crippen LogP contribution in [0.3, 0.4) is 0 Å². The molecule has 1 aromatic heterocycles. The number of rotatable bonds is 9. The molecule has 1 amide bonds. The molecule has 0 bridgehead atoms. The van der Waals surface area contributed by atoms with Crippen LogP contribution in [0.4, 0.5) is 0 Å². The Labute approximate surface area is 183 Å². The van der Waals surface area contributed by atoms with E-state index in [0.717, 1.165) is 25.0 Å². The molecule has 0 spiro atoms. The van der Waals surface area contributed by atoms with Gasteiger partial charge in [0, 0.05) is 13.5 Å². The summed E-state index contributed by atoms with van der Waals surface area (Å²) in [7, 11) is 1.78. The molecule has 0 saturated heterocycles. The molecular weight excluding hydrogens is 390 g/mol. The lowest BCUT2D eigenvalue weighted by atomic mass is 10.1. The summed E-state index contributed by atoms with van der Waals surface area (Å²) in [6.07, 6.45) is 3.45. The van der Waals surface area contributed by atoms with E-state index in [9.17, 15) is 9.59 Å². The van der Waals surface area contributed by atoms with Gasteiger partial charge in [-0.1, -0.05) is 31.9 Å². The Morgan fingerprint density at radius 1 is 1.10 bits per heavy atom. The summed E-state index contributed by atoms with van der Waals surface area (Å²) in [6.45, 7) is 6.54. The first-order valence-electron chi connectivity index (χ1n) is 11.0. The third-order valence-electron chi connectivity index (χ3n) is 5.55. The third kappa shape index (κ3) is 4.95. The monoisotopic (exact) mass is 421 g/mol. The number of unbranched alkanes of at least 4 members (excludes halogenated alkanes) is 2. The fourth-order valence-corrected chi connectivity index (χ4v) is 3.63. The number of fused-ring (bicyclic) bond motifs is 1. The van der Waals surface area contributed by atoms with E-state index in [4.69, 9.17) is 9.72 Å². The van der Waals surface area contributed by atoms with E-state index < -0.39 is 0 Å². The molecule has 31 heavy (non-hydrogen) atoms. The number of carbonyl (C=O) groups is 1. The van der Waals surface area contributed by atoms with Crippen LogP contribution in [0.5, 0.6) is 5.75 Å². The zero-order valence-corrected chi connectivity index (χ0v) is 18.8. The van der Waals surface area contributed by atoms with Crippen LogP contribution in [0.15, 0.2) is 53.3 Å².